The number of anilines is 1. The lowest BCUT2D eigenvalue weighted by molar-refractivity contribution is 0.209. The van der Waals surface area contributed by atoms with Crippen molar-refractivity contribution in [2.45, 2.75) is 25.2 Å². The Kier molecular flexibility index (Phi) is 8.41. The molecule has 0 bridgehead atoms. The van der Waals surface area contributed by atoms with Crippen molar-refractivity contribution >= 4 is 16.6 Å². The highest BCUT2D eigenvalue weighted by atomic mass is 19.1. The molecule has 2 N–H and O–H groups in total. The lowest BCUT2D eigenvalue weighted by Gasteiger charge is -2.36. The number of benzene rings is 2. The van der Waals surface area contributed by atoms with E-state index in [2.05, 4.69) is 43.3 Å². The molecule has 2 fully saturated rings. The van der Waals surface area contributed by atoms with Crippen LogP contribution in [-0.2, 0) is 0 Å². The molecule has 0 saturated carbocycles. The summed E-state index contributed by atoms with van der Waals surface area (Å²) in [6.07, 6.45) is 5.64. The van der Waals surface area contributed by atoms with Crippen LogP contribution in [0.1, 0.15) is 30.7 Å². The Labute approximate surface area is 214 Å². The predicted molar refractivity (Wildman–Crippen MR) is 146 cm³/mol. The van der Waals surface area contributed by atoms with Crippen LogP contribution in [0, 0.1) is 5.82 Å². The molecule has 3 heterocycles. The molecule has 194 valence electrons. The minimum absolute atomic E-state index is 0.175. The van der Waals surface area contributed by atoms with E-state index in [0.29, 0.717) is 5.92 Å². The lowest BCUT2D eigenvalue weighted by Crippen LogP contribution is -2.48. The number of hydrogen-bond donors (Lipinski definition) is 2. The number of likely N-dealkylation sites (tertiary alicyclic amines) is 1. The number of H-pyrrole nitrogens is 1. The van der Waals surface area contributed by atoms with Crippen molar-refractivity contribution in [2.24, 2.45) is 0 Å². The number of nitrogens with one attached hydrogen (secondary N) is 2. The number of piperazine rings is 1. The first kappa shape index (κ1) is 25.1. The molecule has 0 atom stereocenters. The molecule has 0 unspecified atom stereocenters. The Morgan fingerprint density at radius 3 is 2.53 bits per heavy atom. The second kappa shape index (κ2) is 12.1. The van der Waals surface area contributed by atoms with Gasteiger partial charge in [0.25, 0.3) is 0 Å². The number of aromatic amines is 1. The highest BCUT2D eigenvalue weighted by Crippen LogP contribution is 2.33. The van der Waals surface area contributed by atoms with Gasteiger partial charge in [0.1, 0.15) is 11.6 Å². The molecular formula is C29H40FN5O. The summed E-state index contributed by atoms with van der Waals surface area (Å²) in [7, 11) is 1.75. The first-order chi connectivity index (χ1) is 17.7. The Bertz CT molecular complexity index is 1100. The van der Waals surface area contributed by atoms with E-state index in [9.17, 15) is 4.39 Å². The van der Waals surface area contributed by atoms with Crippen LogP contribution in [0.3, 0.4) is 0 Å². The summed E-state index contributed by atoms with van der Waals surface area (Å²) in [4.78, 5) is 10.9. The summed E-state index contributed by atoms with van der Waals surface area (Å²) in [6.45, 7) is 11.0. The molecule has 5 rings (SSSR count). The fraction of sp³-hybridized carbons (Fsp3) is 0.517. The summed E-state index contributed by atoms with van der Waals surface area (Å²) in [6, 6.07) is 13.4. The van der Waals surface area contributed by atoms with E-state index in [1.54, 1.807) is 19.2 Å². The van der Waals surface area contributed by atoms with Crippen LogP contribution in [0.15, 0.2) is 48.7 Å². The third-order valence-corrected chi connectivity index (χ3v) is 7.93. The molecule has 0 aliphatic carbocycles. The van der Waals surface area contributed by atoms with E-state index in [1.807, 2.05) is 18.2 Å². The number of para-hydroxylation sites is 2. The fourth-order valence-electron chi connectivity index (χ4n) is 5.82. The topological polar surface area (TPSA) is 46.8 Å². The predicted octanol–water partition coefficient (Wildman–Crippen LogP) is 4.30. The maximum atomic E-state index is 13.5. The van der Waals surface area contributed by atoms with Gasteiger partial charge >= 0.3 is 0 Å². The van der Waals surface area contributed by atoms with Crippen LogP contribution in [-0.4, -0.2) is 87.3 Å². The third kappa shape index (κ3) is 6.02. The van der Waals surface area contributed by atoms with Crippen molar-refractivity contribution < 1.29 is 9.13 Å². The zero-order valence-electron chi connectivity index (χ0n) is 21.5. The average molecular weight is 494 g/mol. The largest absolute Gasteiger partial charge is 0.495 e. The van der Waals surface area contributed by atoms with Crippen LogP contribution < -0.4 is 15.0 Å². The standard InChI is InChI=1S/C29H40FN5O/c1-36-29-6-3-2-5-28(29)35-19-17-34(18-20-35)16-12-31-11-4-13-33-14-9-23(10-15-33)26-22-32-27-21-24(30)7-8-25(26)27/h2-3,5-8,21-23,31-32H,4,9-20H2,1H3. The number of ether oxygens (including phenoxy) is 1. The van der Waals surface area contributed by atoms with E-state index in [1.165, 1.54) is 35.9 Å². The van der Waals surface area contributed by atoms with Gasteiger partial charge in [-0.1, -0.05) is 12.1 Å². The molecular weight excluding hydrogens is 453 g/mol. The van der Waals surface area contributed by atoms with Crippen LogP contribution in [0.4, 0.5) is 10.1 Å². The van der Waals surface area contributed by atoms with E-state index in [4.69, 9.17) is 4.74 Å². The number of aromatic nitrogens is 1. The van der Waals surface area contributed by atoms with E-state index < -0.39 is 0 Å². The monoisotopic (exact) mass is 493 g/mol. The van der Waals surface area contributed by atoms with Gasteiger partial charge < -0.3 is 24.8 Å². The Morgan fingerprint density at radius 1 is 0.944 bits per heavy atom. The maximum Gasteiger partial charge on any atom is 0.142 e. The minimum Gasteiger partial charge on any atom is -0.495 e. The first-order valence-electron chi connectivity index (χ1n) is 13.5. The molecule has 0 spiro atoms. The second-order valence-corrected chi connectivity index (χ2v) is 10.2. The fourth-order valence-corrected chi connectivity index (χ4v) is 5.82. The summed E-state index contributed by atoms with van der Waals surface area (Å²) in [5.74, 6) is 1.36. The summed E-state index contributed by atoms with van der Waals surface area (Å²) < 4.78 is 19.0. The molecule has 0 radical (unpaired) electrons. The molecule has 2 saturated heterocycles. The normalized spacial score (nSPS) is 18.2. The lowest BCUT2D eigenvalue weighted by atomic mass is 9.89. The number of piperidine rings is 1. The second-order valence-electron chi connectivity index (χ2n) is 10.2. The summed E-state index contributed by atoms with van der Waals surface area (Å²) in [5, 5.41) is 4.83. The third-order valence-electron chi connectivity index (χ3n) is 7.93. The van der Waals surface area contributed by atoms with Crippen LogP contribution in [0.2, 0.25) is 0 Å². The van der Waals surface area contributed by atoms with Crippen molar-refractivity contribution in [2.75, 3.05) is 77.5 Å². The van der Waals surface area contributed by atoms with E-state index in [-0.39, 0.29) is 5.82 Å². The van der Waals surface area contributed by atoms with Gasteiger partial charge in [0.2, 0.25) is 0 Å². The van der Waals surface area contributed by atoms with Gasteiger partial charge in [-0.25, -0.2) is 4.39 Å². The number of hydrogen-bond acceptors (Lipinski definition) is 5. The number of fused-ring (bicyclic) bond motifs is 1. The first-order valence-corrected chi connectivity index (χ1v) is 13.5. The van der Waals surface area contributed by atoms with Crippen LogP contribution in [0.5, 0.6) is 5.75 Å². The number of methoxy groups -OCH3 is 1. The van der Waals surface area contributed by atoms with Crippen molar-refractivity contribution in [3.05, 3.63) is 60.0 Å². The molecule has 0 amide bonds. The zero-order chi connectivity index (χ0) is 24.7. The molecule has 3 aromatic rings. The SMILES string of the molecule is COc1ccccc1N1CCN(CCNCCCN2CCC(c3c[nH]c4cc(F)ccc34)CC2)CC1. The van der Waals surface area contributed by atoms with Crippen molar-refractivity contribution in [1.29, 1.82) is 0 Å². The van der Waals surface area contributed by atoms with Crippen molar-refractivity contribution in [3.63, 3.8) is 0 Å². The zero-order valence-corrected chi connectivity index (χ0v) is 21.5. The molecule has 36 heavy (non-hydrogen) atoms. The van der Waals surface area contributed by atoms with Gasteiger partial charge in [-0.2, -0.15) is 0 Å². The minimum atomic E-state index is -0.175. The molecule has 2 aliphatic rings. The maximum absolute atomic E-state index is 13.5. The van der Waals surface area contributed by atoms with Gasteiger partial charge in [-0.15, -0.1) is 0 Å². The van der Waals surface area contributed by atoms with Crippen LogP contribution >= 0.6 is 0 Å². The number of nitrogens with zero attached hydrogens (tertiary/aromatic N) is 3. The van der Waals surface area contributed by atoms with Gasteiger partial charge in [0, 0.05) is 56.4 Å². The Morgan fingerprint density at radius 2 is 1.72 bits per heavy atom. The van der Waals surface area contributed by atoms with Gasteiger partial charge in [-0.05, 0) is 87.3 Å². The van der Waals surface area contributed by atoms with E-state index >= 15 is 0 Å². The molecule has 6 nitrogen and oxygen atoms in total. The molecule has 7 heteroatoms. The summed E-state index contributed by atoms with van der Waals surface area (Å²) in [5.41, 5.74) is 3.48. The number of rotatable bonds is 10. The molecule has 2 aromatic carbocycles. The van der Waals surface area contributed by atoms with Gasteiger partial charge in [0.15, 0.2) is 0 Å². The molecule has 1 aromatic heterocycles. The average Bonchev–Trinajstić information content (AvgIpc) is 3.34. The van der Waals surface area contributed by atoms with Gasteiger partial charge in [-0.3, -0.25) is 4.90 Å². The van der Waals surface area contributed by atoms with E-state index in [0.717, 1.165) is 76.7 Å². The highest BCUT2D eigenvalue weighted by molar-refractivity contribution is 5.83. The Balaban J connectivity index is 0.942. The van der Waals surface area contributed by atoms with Gasteiger partial charge in [0.05, 0.1) is 12.8 Å². The summed E-state index contributed by atoms with van der Waals surface area (Å²) >= 11 is 0. The highest BCUT2D eigenvalue weighted by Gasteiger charge is 2.23. The smallest absolute Gasteiger partial charge is 0.142 e. The molecule has 2 aliphatic heterocycles. The van der Waals surface area contributed by atoms with Crippen molar-refractivity contribution in [3.8, 4) is 5.75 Å². The number of halogens is 1. The Hall–Kier alpha value is -2.61. The van der Waals surface area contributed by atoms with Crippen LogP contribution in [0.25, 0.3) is 10.9 Å². The van der Waals surface area contributed by atoms with Crippen molar-refractivity contribution in [1.82, 2.24) is 20.1 Å². The quantitative estimate of drug-likeness (QED) is 0.413.